The second-order valence-corrected chi connectivity index (χ2v) is 5.42. The molecule has 1 amide bonds. The second-order valence-electron chi connectivity index (χ2n) is 5.42. The Morgan fingerprint density at radius 1 is 1.24 bits per heavy atom. The minimum absolute atomic E-state index is 0.00712. The molecular formula is C16H20FN3O. The van der Waals surface area contributed by atoms with Crippen molar-refractivity contribution in [3.63, 3.8) is 0 Å². The number of hydrogen-bond donors (Lipinski definition) is 3. The predicted molar refractivity (Wildman–Crippen MR) is 80.6 cm³/mol. The Balaban J connectivity index is 2.29. The van der Waals surface area contributed by atoms with Gasteiger partial charge in [0.05, 0.1) is 11.3 Å². The highest BCUT2D eigenvalue weighted by atomic mass is 19.1. The fraction of sp³-hybridized carbons (Fsp3) is 0.375. The van der Waals surface area contributed by atoms with Crippen molar-refractivity contribution in [3.8, 4) is 0 Å². The molecule has 0 radical (unpaired) electrons. The molecule has 4 nitrogen and oxygen atoms in total. The first-order valence-electron chi connectivity index (χ1n) is 7.15. The number of amides is 1. The average molecular weight is 289 g/mol. The van der Waals surface area contributed by atoms with Gasteiger partial charge in [0.1, 0.15) is 5.82 Å². The number of nitrogens with two attached hydrogens (primary N) is 2. The lowest BCUT2D eigenvalue weighted by atomic mass is 9.86. The lowest BCUT2D eigenvalue weighted by molar-refractivity contribution is 0.0999. The van der Waals surface area contributed by atoms with Crippen LogP contribution in [-0.2, 0) is 0 Å². The lowest BCUT2D eigenvalue weighted by Crippen LogP contribution is -2.20. The van der Waals surface area contributed by atoms with Gasteiger partial charge in [0.15, 0.2) is 0 Å². The number of carbonyl (C=O) groups excluding carboxylic acids is 1. The summed E-state index contributed by atoms with van der Waals surface area (Å²) >= 11 is 0. The Labute approximate surface area is 123 Å². The van der Waals surface area contributed by atoms with Crippen LogP contribution in [0.15, 0.2) is 30.0 Å². The van der Waals surface area contributed by atoms with Crippen molar-refractivity contribution in [1.82, 2.24) is 0 Å². The first-order valence-corrected chi connectivity index (χ1v) is 7.15. The molecule has 0 heterocycles. The van der Waals surface area contributed by atoms with Crippen molar-refractivity contribution >= 4 is 11.6 Å². The summed E-state index contributed by atoms with van der Waals surface area (Å²) in [5, 5.41) is 8.05. The fourth-order valence-corrected chi connectivity index (χ4v) is 2.80. The molecule has 0 aliphatic heterocycles. The van der Waals surface area contributed by atoms with E-state index in [0.29, 0.717) is 5.70 Å². The molecule has 1 saturated carbocycles. The summed E-state index contributed by atoms with van der Waals surface area (Å²) in [5.74, 6) is -1.15. The minimum atomic E-state index is -0.751. The van der Waals surface area contributed by atoms with E-state index in [4.69, 9.17) is 16.9 Å². The molecule has 5 heteroatoms. The summed E-state index contributed by atoms with van der Waals surface area (Å²) in [6.07, 6.45) is 6.91. The molecule has 0 atom stereocenters. The van der Waals surface area contributed by atoms with Crippen molar-refractivity contribution in [3.05, 3.63) is 46.9 Å². The van der Waals surface area contributed by atoms with E-state index in [0.717, 1.165) is 25.7 Å². The van der Waals surface area contributed by atoms with Crippen molar-refractivity contribution in [1.29, 1.82) is 5.41 Å². The number of nitrogens with one attached hydrogen (secondary N) is 1. The van der Waals surface area contributed by atoms with Crippen LogP contribution in [0.25, 0.3) is 0 Å². The highest BCUT2D eigenvalue weighted by Gasteiger charge is 2.19. The highest BCUT2D eigenvalue weighted by molar-refractivity contribution is 6.13. The van der Waals surface area contributed by atoms with E-state index in [1.54, 1.807) is 0 Å². The van der Waals surface area contributed by atoms with Crippen LogP contribution in [0.1, 0.15) is 48.0 Å². The third-order valence-electron chi connectivity index (χ3n) is 3.94. The SMILES string of the molecule is N=C(/C=C(\N)C1CCCCC1)c1c(F)cccc1C(N)=O. The summed E-state index contributed by atoms with van der Waals surface area (Å²) in [4.78, 5) is 11.4. The maximum absolute atomic E-state index is 13.9. The van der Waals surface area contributed by atoms with Gasteiger partial charge in [-0.15, -0.1) is 0 Å². The minimum Gasteiger partial charge on any atom is -0.402 e. The van der Waals surface area contributed by atoms with Crippen LogP contribution in [0, 0.1) is 17.1 Å². The molecular weight excluding hydrogens is 269 g/mol. The molecule has 112 valence electrons. The van der Waals surface area contributed by atoms with Crippen molar-refractivity contribution in [2.45, 2.75) is 32.1 Å². The van der Waals surface area contributed by atoms with Gasteiger partial charge < -0.3 is 16.9 Å². The van der Waals surface area contributed by atoms with E-state index in [2.05, 4.69) is 0 Å². The number of carbonyl (C=O) groups is 1. The Morgan fingerprint density at radius 2 is 1.90 bits per heavy atom. The molecule has 0 bridgehead atoms. The summed E-state index contributed by atoms with van der Waals surface area (Å²) < 4.78 is 13.9. The molecule has 2 rings (SSSR count). The average Bonchev–Trinajstić information content (AvgIpc) is 2.47. The summed E-state index contributed by atoms with van der Waals surface area (Å²) in [6.45, 7) is 0. The van der Waals surface area contributed by atoms with Crippen LogP contribution >= 0.6 is 0 Å². The van der Waals surface area contributed by atoms with Crippen molar-refractivity contribution in [2.75, 3.05) is 0 Å². The van der Waals surface area contributed by atoms with Gasteiger partial charge in [-0.3, -0.25) is 4.79 Å². The standard InChI is InChI=1S/C16H20FN3O/c17-12-8-4-7-11(16(20)21)15(12)14(19)9-13(18)10-5-2-1-3-6-10/h4,7-10,19H,1-3,5-6,18H2,(H2,20,21)/b13-9-,19-14?. The fourth-order valence-electron chi connectivity index (χ4n) is 2.80. The molecule has 0 spiro atoms. The largest absolute Gasteiger partial charge is 0.402 e. The molecule has 1 aliphatic carbocycles. The predicted octanol–water partition coefficient (Wildman–Crippen LogP) is 2.72. The molecule has 0 saturated heterocycles. The summed E-state index contributed by atoms with van der Waals surface area (Å²) in [7, 11) is 0. The highest BCUT2D eigenvalue weighted by Crippen LogP contribution is 2.27. The number of hydrogen-bond acceptors (Lipinski definition) is 3. The monoisotopic (exact) mass is 289 g/mol. The second kappa shape index (κ2) is 6.52. The van der Waals surface area contributed by atoms with Gasteiger partial charge in [0.2, 0.25) is 5.91 Å². The van der Waals surface area contributed by atoms with Crippen LogP contribution in [0.3, 0.4) is 0 Å². The third-order valence-corrected chi connectivity index (χ3v) is 3.94. The van der Waals surface area contributed by atoms with E-state index < -0.39 is 11.7 Å². The van der Waals surface area contributed by atoms with Gasteiger partial charge in [0, 0.05) is 11.3 Å². The zero-order valence-corrected chi connectivity index (χ0v) is 11.9. The van der Waals surface area contributed by atoms with E-state index in [1.165, 1.54) is 30.7 Å². The number of primary amides is 1. The molecule has 21 heavy (non-hydrogen) atoms. The van der Waals surface area contributed by atoms with Crippen LogP contribution in [0.2, 0.25) is 0 Å². The molecule has 0 unspecified atom stereocenters. The first kappa shape index (κ1) is 15.2. The van der Waals surface area contributed by atoms with Crippen LogP contribution in [0.5, 0.6) is 0 Å². The molecule has 1 aliphatic rings. The van der Waals surface area contributed by atoms with E-state index in [1.807, 2.05) is 0 Å². The maximum Gasteiger partial charge on any atom is 0.249 e. The van der Waals surface area contributed by atoms with Crippen molar-refractivity contribution < 1.29 is 9.18 Å². The smallest absolute Gasteiger partial charge is 0.249 e. The number of benzene rings is 1. The van der Waals surface area contributed by atoms with Gasteiger partial charge in [-0.05, 0) is 37.0 Å². The van der Waals surface area contributed by atoms with E-state index >= 15 is 0 Å². The Bertz CT molecular complexity index is 589. The summed E-state index contributed by atoms with van der Waals surface area (Å²) in [6, 6.07) is 4.03. The maximum atomic E-state index is 13.9. The van der Waals surface area contributed by atoms with E-state index in [9.17, 15) is 9.18 Å². The Hall–Kier alpha value is -2.17. The van der Waals surface area contributed by atoms with Crippen LogP contribution < -0.4 is 11.5 Å². The van der Waals surface area contributed by atoms with Crippen LogP contribution in [0.4, 0.5) is 4.39 Å². The quantitative estimate of drug-likeness (QED) is 0.743. The Kier molecular flexibility index (Phi) is 4.73. The lowest BCUT2D eigenvalue weighted by Gasteiger charge is -2.22. The van der Waals surface area contributed by atoms with Crippen molar-refractivity contribution in [2.24, 2.45) is 17.4 Å². The summed E-state index contributed by atoms with van der Waals surface area (Å²) in [5.41, 5.74) is 11.7. The van der Waals surface area contributed by atoms with Gasteiger partial charge in [-0.1, -0.05) is 25.3 Å². The zero-order valence-electron chi connectivity index (χ0n) is 11.9. The topological polar surface area (TPSA) is 93.0 Å². The zero-order chi connectivity index (χ0) is 15.4. The van der Waals surface area contributed by atoms with E-state index in [-0.39, 0.29) is 22.8 Å². The van der Waals surface area contributed by atoms with Crippen LogP contribution in [-0.4, -0.2) is 11.6 Å². The van der Waals surface area contributed by atoms with Gasteiger partial charge in [-0.25, -0.2) is 4.39 Å². The molecule has 1 aromatic carbocycles. The normalized spacial score (nSPS) is 16.7. The molecule has 5 N–H and O–H groups in total. The first-order chi connectivity index (χ1) is 10.0. The molecule has 0 aromatic heterocycles. The third kappa shape index (κ3) is 3.48. The Morgan fingerprint density at radius 3 is 2.52 bits per heavy atom. The molecule has 1 fully saturated rings. The van der Waals surface area contributed by atoms with Gasteiger partial charge in [-0.2, -0.15) is 0 Å². The number of allylic oxidation sites excluding steroid dienone is 2. The number of rotatable bonds is 4. The van der Waals surface area contributed by atoms with Gasteiger partial charge in [0.25, 0.3) is 0 Å². The van der Waals surface area contributed by atoms with Gasteiger partial charge >= 0.3 is 0 Å². The number of halogens is 1. The molecule has 1 aromatic rings.